The first-order valence-electron chi connectivity index (χ1n) is 6.22. The van der Waals surface area contributed by atoms with Crippen molar-refractivity contribution >= 4 is 28.9 Å². The van der Waals surface area contributed by atoms with Crippen molar-refractivity contribution < 1.29 is 0 Å². The van der Waals surface area contributed by atoms with Crippen LogP contribution in [0.1, 0.15) is 0 Å². The van der Waals surface area contributed by atoms with E-state index < -0.39 is 0 Å². The van der Waals surface area contributed by atoms with Crippen molar-refractivity contribution in [3.63, 3.8) is 0 Å². The highest BCUT2D eigenvalue weighted by Crippen LogP contribution is 2.32. The maximum absolute atomic E-state index is 6.10. The quantitative estimate of drug-likeness (QED) is 0.702. The third-order valence-electron chi connectivity index (χ3n) is 2.83. The zero-order valence-corrected chi connectivity index (χ0v) is 11.4. The predicted molar refractivity (Wildman–Crippen MR) is 81.7 cm³/mol. The molecule has 0 fully saturated rings. The predicted octanol–water partition coefficient (Wildman–Crippen LogP) is 4.60. The SMILES string of the molecule is Clc1cccc(N(c2ccccc2)c2ncccn2)c1. The number of halogens is 1. The fourth-order valence-corrected chi connectivity index (χ4v) is 2.16. The molecule has 1 aromatic heterocycles. The Morgan fingerprint density at radius 2 is 1.45 bits per heavy atom. The first kappa shape index (κ1) is 12.6. The van der Waals surface area contributed by atoms with Gasteiger partial charge in [-0.1, -0.05) is 35.9 Å². The molecule has 0 aliphatic heterocycles. The van der Waals surface area contributed by atoms with Gasteiger partial charge in [0.25, 0.3) is 0 Å². The molecule has 0 N–H and O–H groups in total. The third-order valence-corrected chi connectivity index (χ3v) is 3.07. The van der Waals surface area contributed by atoms with Crippen molar-refractivity contribution in [3.05, 3.63) is 78.1 Å². The summed E-state index contributed by atoms with van der Waals surface area (Å²) in [6.45, 7) is 0. The van der Waals surface area contributed by atoms with Crippen LogP contribution in [-0.4, -0.2) is 9.97 Å². The number of rotatable bonds is 3. The molecular formula is C16H12ClN3. The van der Waals surface area contributed by atoms with E-state index >= 15 is 0 Å². The van der Waals surface area contributed by atoms with E-state index in [0.29, 0.717) is 11.0 Å². The van der Waals surface area contributed by atoms with Gasteiger partial charge < -0.3 is 0 Å². The van der Waals surface area contributed by atoms with E-state index in [4.69, 9.17) is 11.6 Å². The van der Waals surface area contributed by atoms with Gasteiger partial charge >= 0.3 is 0 Å². The molecule has 3 aromatic rings. The van der Waals surface area contributed by atoms with Crippen LogP contribution >= 0.6 is 11.6 Å². The van der Waals surface area contributed by atoms with Crippen LogP contribution in [0, 0.1) is 0 Å². The summed E-state index contributed by atoms with van der Waals surface area (Å²) in [4.78, 5) is 10.6. The first-order valence-corrected chi connectivity index (χ1v) is 6.60. The van der Waals surface area contributed by atoms with Gasteiger partial charge in [-0.25, -0.2) is 9.97 Å². The summed E-state index contributed by atoms with van der Waals surface area (Å²) < 4.78 is 0. The Hall–Kier alpha value is -2.39. The number of hydrogen-bond acceptors (Lipinski definition) is 3. The average Bonchev–Trinajstić information content (AvgIpc) is 2.50. The molecule has 4 heteroatoms. The van der Waals surface area contributed by atoms with E-state index in [1.165, 1.54) is 0 Å². The Morgan fingerprint density at radius 1 is 0.750 bits per heavy atom. The second-order valence-electron chi connectivity index (χ2n) is 4.20. The highest BCUT2D eigenvalue weighted by Gasteiger charge is 2.14. The average molecular weight is 282 g/mol. The molecular weight excluding hydrogens is 270 g/mol. The molecule has 98 valence electrons. The van der Waals surface area contributed by atoms with E-state index in [1.807, 2.05) is 59.5 Å². The molecule has 0 saturated heterocycles. The number of benzene rings is 2. The van der Waals surface area contributed by atoms with Crippen LogP contribution in [0.2, 0.25) is 5.02 Å². The number of hydrogen-bond donors (Lipinski definition) is 0. The first-order chi connectivity index (χ1) is 9.84. The lowest BCUT2D eigenvalue weighted by molar-refractivity contribution is 1.08. The molecule has 0 unspecified atom stereocenters. The summed E-state index contributed by atoms with van der Waals surface area (Å²) >= 11 is 6.10. The molecule has 3 nitrogen and oxygen atoms in total. The molecule has 20 heavy (non-hydrogen) atoms. The van der Waals surface area contributed by atoms with E-state index in [9.17, 15) is 0 Å². The second kappa shape index (κ2) is 5.72. The molecule has 0 atom stereocenters. The fraction of sp³-hybridized carbons (Fsp3) is 0. The topological polar surface area (TPSA) is 29.0 Å². The van der Waals surface area contributed by atoms with Gasteiger partial charge in [0, 0.05) is 23.1 Å². The lowest BCUT2D eigenvalue weighted by Gasteiger charge is -2.22. The van der Waals surface area contributed by atoms with E-state index in [2.05, 4.69) is 9.97 Å². The smallest absolute Gasteiger partial charge is 0.234 e. The Labute approximate surface area is 122 Å². The minimum Gasteiger partial charge on any atom is -0.279 e. The van der Waals surface area contributed by atoms with E-state index in [0.717, 1.165) is 11.4 Å². The van der Waals surface area contributed by atoms with Gasteiger partial charge in [-0.15, -0.1) is 0 Å². The van der Waals surface area contributed by atoms with Crippen molar-refractivity contribution in [1.29, 1.82) is 0 Å². The van der Waals surface area contributed by atoms with Gasteiger partial charge in [0.05, 0.1) is 5.69 Å². The standard InChI is InChI=1S/C16H12ClN3/c17-13-6-4-9-15(12-13)20(14-7-2-1-3-8-14)16-18-10-5-11-19-16/h1-12H. The number of para-hydroxylation sites is 1. The second-order valence-corrected chi connectivity index (χ2v) is 4.64. The third kappa shape index (κ3) is 2.63. The highest BCUT2D eigenvalue weighted by atomic mass is 35.5. The van der Waals surface area contributed by atoms with E-state index in [1.54, 1.807) is 18.5 Å². The minimum atomic E-state index is 0.612. The fourth-order valence-electron chi connectivity index (χ4n) is 1.98. The lowest BCUT2D eigenvalue weighted by Crippen LogP contribution is -2.12. The van der Waals surface area contributed by atoms with Gasteiger partial charge in [0.1, 0.15) is 0 Å². The molecule has 0 saturated carbocycles. The zero-order chi connectivity index (χ0) is 13.8. The Bertz CT molecular complexity index is 647. The summed E-state index contributed by atoms with van der Waals surface area (Å²) in [5.41, 5.74) is 1.91. The monoisotopic (exact) mass is 281 g/mol. The molecule has 3 rings (SSSR count). The van der Waals surface area contributed by atoms with Crippen molar-refractivity contribution in [2.24, 2.45) is 0 Å². The van der Waals surface area contributed by atoms with Crippen molar-refractivity contribution in [2.75, 3.05) is 4.90 Å². The van der Waals surface area contributed by atoms with Crippen LogP contribution in [0.4, 0.5) is 17.3 Å². The molecule has 1 heterocycles. The minimum absolute atomic E-state index is 0.612. The summed E-state index contributed by atoms with van der Waals surface area (Å²) in [7, 11) is 0. The highest BCUT2D eigenvalue weighted by molar-refractivity contribution is 6.30. The van der Waals surface area contributed by atoms with Crippen LogP contribution in [-0.2, 0) is 0 Å². The van der Waals surface area contributed by atoms with Crippen molar-refractivity contribution in [2.45, 2.75) is 0 Å². The van der Waals surface area contributed by atoms with Crippen LogP contribution in [0.3, 0.4) is 0 Å². The molecule has 2 aromatic carbocycles. The maximum Gasteiger partial charge on any atom is 0.234 e. The molecule has 0 aliphatic rings. The summed E-state index contributed by atoms with van der Waals surface area (Å²) in [5, 5.41) is 0.680. The number of anilines is 3. The molecule has 0 radical (unpaired) electrons. The van der Waals surface area contributed by atoms with Gasteiger partial charge in [-0.2, -0.15) is 0 Å². The Morgan fingerprint density at radius 3 is 2.15 bits per heavy atom. The molecule has 0 aliphatic carbocycles. The largest absolute Gasteiger partial charge is 0.279 e. The lowest BCUT2D eigenvalue weighted by atomic mass is 10.2. The maximum atomic E-state index is 6.10. The van der Waals surface area contributed by atoms with Crippen LogP contribution in [0.15, 0.2) is 73.1 Å². The summed E-state index contributed by atoms with van der Waals surface area (Å²) in [6, 6.07) is 19.4. The van der Waals surface area contributed by atoms with Gasteiger partial charge in [-0.3, -0.25) is 4.90 Å². The zero-order valence-electron chi connectivity index (χ0n) is 10.6. The number of nitrogens with zero attached hydrogens (tertiary/aromatic N) is 3. The molecule has 0 spiro atoms. The summed E-state index contributed by atoms with van der Waals surface area (Å²) in [5.74, 6) is 0.612. The van der Waals surface area contributed by atoms with Crippen LogP contribution < -0.4 is 4.90 Å². The van der Waals surface area contributed by atoms with Crippen LogP contribution in [0.25, 0.3) is 0 Å². The normalized spacial score (nSPS) is 10.2. The van der Waals surface area contributed by atoms with Gasteiger partial charge in [0.15, 0.2) is 0 Å². The van der Waals surface area contributed by atoms with Crippen LogP contribution in [0.5, 0.6) is 0 Å². The van der Waals surface area contributed by atoms with E-state index in [-0.39, 0.29) is 0 Å². The molecule has 0 bridgehead atoms. The summed E-state index contributed by atoms with van der Waals surface area (Å²) in [6.07, 6.45) is 3.45. The Balaban J connectivity index is 2.14. The Kier molecular flexibility index (Phi) is 3.61. The van der Waals surface area contributed by atoms with Gasteiger partial charge in [-0.05, 0) is 36.4 Å². The van der Waals surface area contributed by atoms with Gasteiger partial charge in [0.2, 0.25) is 5.95 Å². The number of aromatic nitrogens is 2. The van der Waals surface area contributed by atoms with Crippen molar-refractivity contribution in [3.8, 4) is 0 Å². The molecule has 0 amide bonds. The van der Waals surface area contributed by atoms with Crippen molar-refractivity contribution in [1.82, 2.24) is 9.97 Å².